The average Bonchev–Trinajstić information content (AvgIpc) is 3.12. The first-order chi connectivity index (χ1) is 12.2. The number of rotatable bonds is 5. The van der Waals surface area contributed by atoms with Gasteiger partial charge in [-0.3, -0.25) is 4.79 Å². The molecule has 2 aromatic heterocycles. The minimum Gasteiger partial charge on any atom is -0.391 e. The maximum absolute atomic E-state index is 12.6. The maximum atomic E-state index is 12.6. The Kier molecular flexibility index (Phi) is 5.05. The number of likely N-dealkylation sites (tertiary alicyclic amines) is 1. The Morgan fingerprint density at radius 3 is 2.81 bits per heavy atom. The number of hydrogen-bond donors (Lipinski definition) is 1. The number of β-amino-alcohol motifs (C(OH)–C–C–N with tert-alkyl or cyclic N) is 1. The number of sulfonamides is 1. The molecule has 0 radical (unpaired) electrons. The van der Waals surface area contributed by atoms with E-state index in [0.717, 1.165) is 21.2 Å². The molecule has 2 aromatic rings. The predicted octanol–water partition coefficient (Wildman–Crippen LogP) is -0.104. The van der Waals surface area contributed by atoms with Gasteiger partial charge in [-0.15, -0.1) is 0 Å². The first-order valence-electron chi connectivity index (χ1n) is 8.46. The zero-order chi connectivity index (χ0) is 19.1. The van der Waals surface area contributed by atoms with Gasteiger partial charge in [-0.25, -0.2) is 17.7 Å². The highest BCUT2D eigenvalue weighted by molar-refractivity contribution is 7.89. The van der Waals surface area contributed by atoms with Crippen LogP contribution in [0.4, 0.5) is 0 Å². The third-order valence-electron chi connectivity index (χ3n) is 4.88. The van der Waals surface area contributed by atoms with E-state index < -0.39 is 22.0 Å². The van der Waals surface area contributed by atoms with E-state index in [4.69, 9.17) is 0 Å². The van der Waals surface area contributed by atoms with Crippen molar-refractivity contribution in [2.45, 2.75) is 19.4 Å². The Labute approximate surface area is 153 Å². The lowest BCUT2D eigenvalue weighted by atomic mass is 10.1. The second kappa shape index (κ2) is 6.98. The van der Waals surface area contributed by atoms with E-state index in [1.807, 2.05) is 29.7 Å². The summed E-state index contributed by atoms with van der Waals surface area (Å²) in [6.45, 7) is 2.35. The van der Waals surface area contributed by atoms with E-state index in [-0.39, 0.29) is 31.2 Å². The van der Waals surface area contributed by atoms with Gasteiger partial charge in [0, 0.05) is 45.5 Å². The zero-order valence-electron chi connectivity index (χ0n) is 15.2. The molecular weight excluding hydrogens is 356 g/mol. The van der Waals surface area contributed by atoms with Gasteiger partial charge in [0.15, 0.2) is 0 Å². The topological polar surface area (TPSA) is 95.2 Å². The average molecular weight is 380 g/mol. The van der Waals surface area contributed by atoms with Crippen LogP contribution in [0.25, 0.3) is 5.65 Å². The number of fused-ring (bicyclic) bond motifs is 1. The van der Waals surface area contributed by atoms with Crippen LogP contribution in [-0.4, -0.2) is 77.1 Å². The number of imidazole rings is 1. The first-order valence-corrected chi connectivity index (χ1v) is 10.1. The Hall–Kier alpha value is -1.97. The lowest BCUT2D eigenvalue weighted by molar-refractivity contribution is -0.129. The molecule has 1 saturated heterocycles. The molecular formula is C17H24N4O4S. The predicted molar refractivity (Wildman–Crippen MR) is 97.2 cm³/mol. The largest absolute Gasteiger partial charge is 0.391 e. The van der Waals surface area contributed by atoms with Gasteiger partial charge >= 0.3 is 0 Å². The molecule has 26 heavy (non-hydrogen) atoms. The lowest BCUT2D eigenvalue weighted by Crippen LogP contribution is -2.34. The van der Waals surface area contributed by atoms with Crippen molar-refractivity contribution in [3.8, 4) is 0 Å². The molecule has 0 aliphatic carbocycles. The van der Waals surface area contributed by atoms with E-state index in [1.54, 1.807) is 6.20 Å². The molecule has 1 amide bonds. The van der Waals surface area contributed by atoms with Crippen molar-refractivity contribution in [1.82, 2.24) is 18.6 Å². The van der Waals surface area contributed by atoms with Crippen molar-refractivity contribution >= 4 is 21.6 Å². The summed E-state index contributed by atoms with van der Waals surface area (Å²) in [6.07, 6.45) is 2.87. The minimum absolute atomic E-state index is 0.142. The fourth-order valence-electron chi connectivity index (χ4n) is 3.24. The molecule has 8 nitrogen and oxygen atoms in total. The molecule has 3 heterocycles. The van der Waals surface area contributed by atoms with Gasteiger partial charge in [-0.05, 0) is 18.6 Å². The number of carbonyl (C=O) groups is 1. The Bertz CT molecular complexity index is 922. The van der Waals surface area contributed by atoms with Crippen LogP contribution in [0.3, 0.4) is 0 Å². The highest BCUT2D eigenvalue weighted by Crippen LogP contribution is 2.21. The van der Waals surface area contributed by atoms with Crippen LogP contribution in [0.1, 0.15) is 11.3 Å². The number of carbonyl (C=O) groups excluding carboxylic acids is 1. The molecule has 0 aromatic carbocycles. The van der Waals surface area contributed by atoms with E-state index in [1.165, 1.54) is 19.0 Å². The Balaban J connectivity index is 1.70. The number of pyridine rings is 1. The quantitative estimate of drug-likeness (QED) is 0.781. The molecule has 9 heteroatoms. The standard InChI is InChI=1S/C17H24N4O4S/c1-12-5-4-6-21-14(8-18-17(12)21)7-16(23)20-9-13(15(22)10-20)11-26(24,25)19(2)3/h4-6,8,13,15,22H,7,9-11H2,1-3H3/t13-,15+/m0/s1. The zero-order valence-corrected chi connectivity index (χ0v) is 16.0. The van der Waals surface area contributed by atoms with Crippen molar-refractivity contribution in [2.24, 2.45) is 5.92 Å². The summed E-state index contributed by atoms with van der Waals surface area (Å²) in [7, 11) is -0.497. The molecule has 1 aliphatic rings. The summed E-state index contributed by atoms with van der Waals surface area (Å²) < 4.78 is 27.1. The lowest BCUT2D eigenvalue weighted by Gasteiger charge is -2.18. The summed E-state index contributed by atoms with van der Waals surface area (Å²) >= 11 is 0. The van der Waals surface area contributed by atoms with E-state index in [0.29, 0.717) is 0 Å². The normalized spacial score (nSPS) is 21.0. The van der Waals surface area contributed by atoms with Crippen molar-refractivity contribution in [2.75, 3.05) is 32.9 Å². The van der Waals surface area contributed by atoms with Crippen LogP contribution in [-0.2, 0) is 21.2 Å². The summed E-state index contributed by atoms with van der Waals surface area (Å²) in [6, 6.07) is 3.86. The number of amides is 1. The second-order valence-electron chi connectivity index (χ2n) is 7.00. The number of aliphatic hydroxyl groups is 1. The smallest absolute Gasteiger partial charge is 0.228 e. The number of nitrogens with zero attached hydrogens (tertiary/aromatic N) is 4. The van der Waals surface area contributed by atoms with Gasteiger partial charge in [0.2, 0.25) is 15.9 Å². The minimum atomic E-state index is -3.43. The first kappa shape index (κ1) is 18.8. The summed E-state index contributed by atoms with van der Waals surface area (Å²) in [5.41, 5.74) is 2.61. The molecule has 0 unspecified atom stereocenters. The summed E-state index contributed by atoms with van der Waals surface area (Å²) in [4.78, 5) is 18.5. The number of aliphatic hydroxyl groups excluding tert-OH is 1. The summed E-state index contributed by atoms with van der Waals surface area (Å²) in [5, 5.41) is 10.2. The van der Waals surface area contributed by atoms with Gasteiger partial charge in [0.05, 0.1) is 24.0 Å². The molecule has 3 rings (SSSR count). The maximum Gasteiger partial charge on any atom is 0.228 e. The fraction of sp³-hybridized carbons (Fsp3) is 0.529. The van der Waals surface area contributed by atoms with Crippen LogP contribution >= 0.6 is 0 Å². The van der Waals surface area contributed by atoms with Crippen LogP contribution < -0.4 is 0 Å². The van der Waals surface area contributed by atoms with Crippen molar-refractivity contribution in [3.63, 3.8) is 0 Å². The number of hydrogen-bond acceptors (Lipinski definition) is 5. The highest BCUT2D eigenvalue weighted by Gasteiger charge is 2.37. The molecule has 1 fully saturated rings. The van der Waals surface area contributed by atoms with Crippen LogP contribution in [0.5, 0.6) is 0 Å². The second-order valence-corrected chi connectivity index (χ2v) is 9.23. The van der Waals surface area contributed by atoms with Gasteiger partial charge in [0.25, 0.3) is 0 Å². The van der Waals surface area contributed by atoms with Crippen molar-refractivity contribution < 1.29 is 18.3 Å². The number of aryl methyl sites for hydroxylation is 1. The highest BCUT2D eigenvalue weighted by atomic mass is 32.2. The Morgan fingerprint density at radius 2 is 2.12 bits per heavy atom. The molecule has 0 saturated carbocycles. The fourth-order valence-corrected chi connectivity index (χ4v) is 4.41. The van der Waals surface area contributed by atoms with Gasteiger partial charge in [-0.1, -0.05) is 6.07 Å². The number of aromatic nitrogens is 2. The molecule has 142 valence electrons. The SMILES string of the molecule is Cc1cccn2c(CC(=O)N3C[C@@H](CS(=O)(=O)N(C)C)[C@H](O)C3)cnc12. The van der Waals surface area contributed by atoms with Crippen molar-refractivity contribution in [3.05, 3.63) is 35.8 Å². The monoisotopic (exact) mass is 380 g/mol. The molecule has 2 atom stereocenters. The van der Waals surface area contributed by atoms with E-state index in [2.05, 4.69) is 4.98 Å². The molecule has 1 aliphatic heterocycles. The van der Waals surface area contributed by atoms with Gasteiger partial charge in [0.1, 0.15) is 5.65 Å². The Morgan fingerprint density at radius 1 is 1.38 bits per heavy atom. The van der Waals surface area contributed by atoms with E-state index >= 15 is 0 Å². The summed E-state index contributed by atoms with van der Waals surface area (Å²) in [5.74, 6) is -0.785. The third-order valence-corrected chi connectivity index (χ3v) is 6.84. The third kappa shape index (κ3) is 3.60. The van der Waals surface area contributed by atoms with Crippen LogP contribution in [0, 0.1) is 12.8 Å². The molecule has 1 N–H and O–H groups in total. The van der Waals surface area contributed by atoms with E-state index in [9.17, 15) is 18.3 Å². The molecule has 0 spiro atoms. The van der Waals surface area contributed by atoms with Crippen LogP contribution in [0.2, 0.25) is 0 Å². The van der Waals surface area contributed by atoms with Crippen LogP contribution in [0.15, 0.2) is 24.5 Å². The van der Waals surface area contributed by atoms with Gasteiger partial charge in [-0.2, -0.15) is 0 Å². The molecule has 0 bridgehead atoms. The van der Waals surface area contributed by atoms with Gasteiger partial charge < -0.3 is 14.4 Å². The van der Waals surface area contributed by atoms with Crippen molar-refractivity contribution in [1.29, 1.82) is 0 Å².